The van der Waals surface area contributed by atoms with Gasteiger partial charge in [-0.1, -0.05) is 31.4 Å². The average Bonchev–Trinajstić information content (AvgIpc) is 3.61. The lowest BCUT2D eigenvalue weighted by Crippen LogP contribution is -2.60. The van der Waals surface area contributed by atoms with Crippen molar-refractivity contribution in [2.24, 2.45) is 5.92 Å². The van der Waals surface area contributed by atoms with E-state index in [-0.39, 0.29) is 46.7 Å². The zero-order valence-electron chi connectivity index (χ0n) is 23.7. The van der Waals surface area contributed by atoms with E-state index in [9.17, 15) is 36.3 Å². The molecule has 1 N–H and O–H groups in total. The monoisotopic (exact) mass is 648 g/mol. The number of alkyl halides is 2. The van der Waals surface area contributed by atoms with E-state index in [1.807, 2.05) is 0 Å². The Kier molecular flexibility index (Phi) is 8.18. The highest BCUT2D eigenvalue weighted by Gasteiger charge is 2.44. The summed E-state index contributed by atoms with van der Waals surface area (Å²) >= 11 is 0.979. The molecular weight excluding hydrogens is 617 g/mol. The SMILES string of the molecule is O=C(O)c1sc(-c2ccc(F)cc2)cc1N1C(=O)CN(S(=O)(=O)c2ccc(N3CCC(F)(F)C3)nc2)CC1C1CCCCC1. The van der Waals surface area contributed by atoms with E-state index < -0.39 is 52.8 Å². The molecule has 9 nitrogen and oxygen atoms in total. The first-order valence-electron chi connectivity index (χ1n) is 14.5. The number of aromatic nitrogens is 1. The van der Waals surface area contributed by atoms with Crippen molar-refractivity contribution >= 4 is 44.7 Å². The van der Waals surface area contributed by atoms with Gasteiger partial charge in [-0.25, -0.2) is 31.4 Å². The highest BCUT2D eigenvalue weighted by molar-refractivity contribution is 7.89. The summed E-state index contributed by atoms with van der Waals surface area (Å²) in [6.07, 6.45) is 5.19. The largest absolute Gasteiger partial charge is 0.477 e. The minimum absolute atomic E-state index is 0.0420. The van der Waals surface area contributed by atoms with Crippen LogP contribution in [-0.2, 0) is 14.8 Å². The van der Waals surface area contributed by atoms with Crippen LogP contribution in [-0.4, -0.2) is 72.8 Å². The summed E-state index contributed by atoms with van der Waals surface area (Å²) in [5.74, 6) is -4.84. The van der Waals surface area contributed by atoms with Crippen LogP contribution >= 0.6 is 11.3 Å². The van der Waals surface area contributed by atoms with Crippen LogP contribution in [0.1, 0.15) is 48.2 Å². The van der Waals surface area contributed by atoms with Crippen LogP contribution in [0.3, 0.4) is 0 Å². The molecule has 14 heteroatoms. The Morgan fingerprint density at radius 2 is 1.80 bits per heavy atom. The molecule has 2 aliphatic heterocycles. The van der Waals surface area contributed by atoms with E-state index in [0.29, 0.717) is 10.4 Å². The Morgan fingerprint density at radius 1 is 1.07 bits per heavy atom. The number of carboxylic acid groups (broad SMARTS) is 1. The third-order valence-electron chi connectivity index (χ3n) is 8.64. The van der Waals surface area contributed by atoms with Crippen molar-refractivity contribution in [2.75, 3.05) is 36.0 Å². The summed E-state index contributed by atoms with van der Waals surface area (Å²) in [5.41, 5.74) is 0.800. The zero-order valence-corrected chi connectivity index (χ0v) is 25.3. The van der Waals surface area contributed by atoms with Crippen LogP contribution in [0, 0.1) is 11.7 Å². The number of piperazine rings is 1. The number of carboxylic acids is 1. The molecule has 2 saturated heterocycles. The lowest BCUT2D eigenvalue weighted by Gasteiger charge is -2.44. The van der Waals surface area contributed by atoms with Gasteiger partial charge in [-0.3, -0.25) is 4.79 Å². The number of carbonyl (C=O) groups is 2. The maximum Gasteiger partial charge on any atom is 0.348 e. The number of benzene rings is 1. The molecule has 0 radical (unpaired) electrons. The molecule has 3 fully saturated rings. The fraction of sp³-hybridized carbons (Fsp3) is 0.433. The van der Waals surface area contributed by atoms with Crippen molar-refractivity contribution in [3.8, 4) is 10.4 Å². The summed E-state index contributed by atoms with van der Waals surface area (Å²) in [5, 5.41) is 10.1. The number of nitrogens with zero attached hydrogens (tertiary/aromatic N) is 4. The highest BCUT2D eigenvalue weighted by Crippen LogP contribution is 2.42. The van der Waals surface area contributed by atoms with Crippen LogP contribution < -0.4 is 9.80 Å². The number of rotatable bonds is 7. The number of halogens is 3. The van der Waals surface area contributed by atoms with E-state index in [4.69, 9.17) is 0 Å². The topological polar surface area (TPSA) is 111 Å². The van der Waals surface area contributed by atoms with Crippen LogP contribution in [0.4, 0.5) is 24.7 Å². The van der Waals surface area contributed by atoms with Crippen molar-refractivity contribution in [1.82, 2.24) is 9.29 Å². The molecule has 3 aliphatic rings. The van der Waals surface area contributed by atoms with Crippen LogP contribution in [0.2, 0.25) is 0 Å². The second kappa shape index (κ2) is 11.8. The standard InChI is InChI=1S/C30H31F3N4O5S2/c31-21-8-6-20(7-9-21)25-14-23(28(43-25)29(39)40)37-24(19-4-2-1-3-5-19)16-36(17-27(37)38)44(41,42)22-10-11-26(34-15-22)35-13-12-30(32,33)18-35/h6-11,14-15,19,24H,1-5,12-13,16-18H2,(H,39,40). The minimum atomic E-state index is -4.20. The van der Waals surface area contributed by atoms with Crippen LogP contribution in [0.15, 0.2) is 53.6 Å². The molecule has 1 atom stereocenters. The van der Waals surface area contributed by atoms with Gasteiger partial charge in [-0.2, -0.15) is 4.31 Å². The molecule has 0 bridgehead atoms. The smallest absolute Gasteiger partial charge is 0.348 e. The van der Waals surface area contributed by atoms with Gasteiger partial charge in [0, 0.05) is 30.6 Å². The number of hydrogen-bond acceptors (Lipinski definition) is 7. The third kappa shape index (κ3) is 5.94. The van der Waals surface area contributed by atoms with Crippen LogP contribution in [0.25, 0.3) is 10.4 Å². The quantitative estimate of drug-likeness (QED) is 0.361. The van der Waals surface area contributed by atoms with Gasteiger partial charge in [0.25, 0.3) is 5.92 Å². The van der Waals surface area contributed by atoms with E-state index >= 15 is 0 Å². The molecule has 1 aromatic carbocycles. The van der Waals surface area contributed by atoms with Gasteiger partial charge in [-0.15, -0.1) is 11.3 Å². The number of carbonyl (C=O) groups excluding carboxylic acids is 1. The molecule has 4 heterocycles. The Bertz CT molecular complexity index is 1660. The Morgan fingerprint density at radius 3 is 2.41 bits per heavy atom. The molecule has 1 unspecified atom stereocenters. The number of anilines is 2. The van der Waals surface area contributed by atoms with Gasteiger partial charge in [0.2, 0.25) is 15.9 Å². The summed E-state index contributed by atoms with van der Waals surface area (Å²) < 4.78 is 69.6. The summed E-state index contributed by atoms with van der Waals surface area (Å²) in [6.45, 7) is -0.934. The summed E-state index contributed by atoms with van der Waals surface area (Å²) in [6, 6.07) is 9.34. The molecule has 1 amide bonds. The predicted octanol–water partition coefficient (Wildman–Crippen LogP) is 5.48. The lowest BCUT2D eigenvalue weighted by molar-refractivity contribution is -0.121. The zero-order chi connectivity index (χ0) is 31.2. The molecule has 234 valence electrons. The predicted molar refractivity (Wildman–Crippen MR) is 159 cm³/mol. The molecule has 2 aromatic heterocycles. The van der Waals surface area contributed by atoms with Gasteiger partial charge < -0.3 is 14.9 Å². The molecule has 6 rings (SSSR count). The molecule has 0 spiro atoms. The van der Waals surface area contributed by atoms with E-state index in [1.165, 1.54) is 46.2 Å². The maximum absolute atomic E-state index is 13.9. The van der Waals surface area contributed by atoms with Crippen molar-refractivity contribution in [3.05, 3.63) is 59.4 Å². The summed E-state index contributed by atoms with van der Waals surface area (Å²) in [4.78, 5) is 33.6. The fourth-order valence-corrected chi connectivity index (χ4v) is 8.75. The molecular formula is C30H31F3N4O5S2. The Hall–Kier alpha value is -3.49. The van der Waals surface area contributed by atoms with Crippen molar-refractivity contribution in [2.45, 2.75) is 55.4 Å². The van der Waals surface area contributed by atoms with Crippen LogP contribution in [0.5, 0.6) is 0 Å². The average molecular weight is 649 g/mol. The van der Waals surface area contributed by atoms with E-state index in [2.05, 4.69) is 4.98 Å². The number of sulfonamides is 1. The summed E-state index contributed by atoms with van der Waals surface area (Å²) in [7, 11) is -4.20. The second-order valence-corrected chi connectivity index (χ2v) is 14.5. The van der Waals surface area contributed by atoms with Gasteiger partial charge in [0.05, 0.1) is 24.8 Å². The van der Waals surface area contributed by atoms with Crippen molar-refractivity contribution in [3.63, 3.8) is 0 Å². The highest BCUT2D eigenvalue weighted by atomic mass is 32.2. The number of thiophene rings is 1. The molecule has 3 aromatic rings. The Labute approximate surface area is 257 Å². The number of pyridine rings is 1. The molecule has 1 aliphatic carbocycles. The van der Waals surface area contributed by atoms with Crippen molar-refractivity contribution in [1.29, 1.82) is 0 Å². The first kappa shape index (κ1) is 30.5. The first-order chi connectivity index (χ1) is 20.9. The first-order valence-corrected chi connectivity index (χ1v) is 16.7. The maximum atomic E-state index is 13.9. The van der Waals surface area contributed by atoms with Gasteiger partial charge in [-0.05, 0) is 54.7 Å². The molecule has 44 heavy (non-hydrogen) atoms. The lowest BCUT2D eigenvalue weighted by atomic mass is 9.82. The van der Waals surface area contributed by atoms with Crippen molar-refractivity contribution < 1.29 is 36.3 Å². The number of amides is 1. The second-order valence-electron chi connectivity index (χ2n) is 11.5. The van der Waals surface area contributed by atoms with Gasteiger partial charge >= 0.3 is 5.97 Å². The fourth-order valence-electron chi connectivity index (χ4n) is 6.40. The van der Waals surface area contributed by atoms with Gasteiger partial charge in [0.1, 0.15) is 21.4 Å². The molecule has 1 saturated carbocycles. The normalized spacial score (nSPS) is 21.6. The van der Waals surface area contributed by atoms with E-state index in [0.717, 1.165) is 53.9 Å². The number of hydrogen-bond donors (Lipinski definition) is 1. The van der Waals surface area contributed by atoms with Gasteiger partial charge in [0.15, 0.2) is 0 Å². The third-order valence-corrected chi connectivity index (χ3v) is 11.6. The number of aromatic carboxylic acids is 1. The Balaban J connectivity index is 1.32. The van der Waals surface area contributed by atoms with E-state index in [1.54, 1.807) is 6.07 Å². The minimum Gasteiger partial charge on any atom is -0.477 e.